The Labute approximate surface area is 114 Å². The molecule has 4 amide bonds. The van der Waals surface area contributed by atoms with Crippen LogP contribution in [-0.4, -0.2) is 35.3 Å². The lowest BCUT2D eigenvalue weighted by molar-refractivity contribution is -0.113. The molecule has 1 aromatic rings. The molecule has 1 aliphatic rings. The summed E-state index contributed by atoms with van der Waals surface area (Å²) in [4.78, 5) is 35.6. The van der Waals surface area contributed by atoms with Crippen LogP contribution in [0.2, 0.25) is 0 Å². The Balaban J connectivity index is 2.12. The third-order valence-corrected chi connectivity index (χ3v) is 2.95. The van der Waals surface area contributed by atoms with Gasteiger partial charge < -0.3 is 10.6 Å². The van der Waals surface area contributed by atoms with Gasteiger partial charge in [0.1, 0.15) is 6.04 Å². The number of hydrogen-bond donors (Lipinski definition) is 2. The quantitative estimate of drug-likeness (QED) is 0.818. The van der Waals surface area contributed by atoms with Crippen LogP contribution in [-0.2, 0) is 4.79 Å². The number of nitrogens with zero attached hydrogens (tertiary/aromatic N) is 1. The molecule has 1 fully saturated rings. The van der Waals surface area contributed by atoms with Gasteiger partial charge in [0, 0.05) is 13.1 Å². The fraction of sp³-hybridized carbons (Fsp3) is 0.250. The maximum atomic E-state index is 11.9. The van der Waals surface area contributed by atoms with Crippen LogP contribution in [0.25, 0.3) is 0 Å². The molecule has 19 heavy (non-hydrogen) atoms. The Morgan fingerprint density at radius 1 is 1.32 bits per heavy atom. The zero-order chi connectivity index (χ0) is 13.8. The smallest absolute Gasteiger partial charge is 0.326 e. The van der Waals surface area contributed by atoms with E-state index in [2.05, 4.69) is 10.6 Å². The number of urea groups is 2. The van der Waals surface area contributed by atoms with E-state index in [1.54, 1.807) is 30.3 Å². The minimum absolute atomic E-state index is 0.267. The minimum atomic E-state index is -0.969. The van der Waals surface area contributed by atoms with Gasteiger partial charge >= 0.3 is 12.1 Å². The van der Waals surface area contributed by atoms with Crippen molar-refractivity contribution in [1.82, 2.24) is 15.5 Å². The molecule has 1 aliphatic heterocycles. The van der Waals surface area contributed by atoms with Crippen LogP contribution in [0.1, 0.15) is 11.6 Å². The molecule has 1 atom stereocenters. The molecule has 0 radical (unpaired) electrons. The van der Waals surface area contributed by atoms with Crippen molar-refractivity contribution >= 4 is 28.9 Å². The molecule has 0 saturated carbocycles. The van der Waals surface area contributed by atoms with Gasteiger partial charge in [-0.25, -0.2) is 14.5 Å². The van der Waals surface area contributed by atoms with E-state index < -0.39 is 23.3 Å². The van der Waals surface area contributed by atoms with E-state index in [0.29, 0.717) is 12.1 Å². The maximum absolute atomic E-state index is 11.9. The second kappa shape index (κ2) is 5.71. The first-order valence-corrected chi connectivity index (χ1v) is 6.07. The average molecular weight is 282 g/mol. The zero-order valence-electron chi connectivity index (χ0n) is 9.93. The molecular weight excluding hydrogens is 270 g/mol. The fourth-order valence-corrected chi connectivity index (χ4v) is 1.96. The number of carbonyl (C=O) groups excluding carboxylic acids is 3. The number of imide groups is 1. The van der Waals surface area contributed by atoms with Crippen LogP contribution in [0.4, 0.5) is 9.59 Å². The van der Waals surface area contributed by atoms with Gasteiger partial charge in [0.05, 0.1) is 0 Å². The minimum Gasteiger partial charge on any atom is -0.336 e. The van der Waals surface area contributed by atoms with E-state index in [4.69, 9.17) is 11.6 Å². The van der Waals surface area contributed by atoms with Crippen molar-refractivity contribution in [2.75, 3.05) is 13.1 Å². The summed E-state index contributed by atoms with van der Waals surface area (Å²) in [7, 11) is 0. The molecule has 0 bridgehead atoms. The first kappa shape index (κ1) is 13.4. The van der Waals surface area contributed by atoms with Crippen molar-refractivity contribution in [2.24, 2.45) is 0 Å². The Kier molecular flexibility index (Phi) is 4.01. The van der Waals surface area contributed by atoms with E-state index >= 15 is 0 Å². The predicted octanol–water partition coefficient (Wildman–Crippen LogP) is 1.23. The molecule has 0 aliphatic carbocycles. The van der Waals surface area contributed by atoms with Crippen molar-refractivity contribution in [3.63, 3.8) is 0 Å². The van der Waals surface area contributed by atoms with Crippen LogP contribution in [0.5, 0.6) is 0 Å². The highest BCUT2D eigenvalue weighted by atomic mass is 35.5. The SMILES string of the molecule is O=C(Cl)[C@H](NC(=O)N1CCNC1=O)c1ccccc1. The van der Waals surface area contributed by atoms with Crippen LogP contribution in [0, 0.1) is 0 Å². The summed E-state index contributed by atoms with van der Waals surface area (Å²) in [5.74, 6) is 0. The summed E-state index contributed by atoms with van der Waals surface area (Å²) in [6, 6.07) is 6.51. The van der Waals surface area contributed by atoms with Gasteiger partial charge in [0.2, 0.25) is 5.24 Å². The summed E-state index contributed by atoms with van der Waals surface area (Å²) in [6.07, 6.45) is 0. The molecule has 0 unspecified atom stereocenters. The molecule has 1 saturated heterocycles. The number of carbonyl (C=O) groups is 3. The molecule has 1 heterocycles. The molecule has 0 aromatic heterocycles. The highest BCUT2D eigenvalue weighted by Crippen LogP contribution is 2.16. The Morgan fingerprint density at radius 2 is 2.00 bits per heavy atom. The number of halogens is 1. The standard InChI is InChI=1S/C12H12ClN3O3/c13-10(17)9(8-4-2-1-3-5-8)15-12(19)16-7-6-14-11(16)18/h1-5,9H,6-7H2,(H,14,18)(H,15,19)/t9-/m1/s1. The van der Waals surface area contributed by atoms with Gasteiger partial charge in [0.15, 0.2) is 0 Å². The third-order valence-electron chi connectivity index (χ3n) is 2.73. The molecule has 6 nitrogen and oxygen atoms in total. The predicted molar refractivity (Wildman–Crippen MR) is 68.7 cm³/mol. The second-order valence-corrected chi connectivity index (χ2v) is 4.35. The average Bonchev–Trinajstić information content (AvgIpc) is 2.82. The van der Waals surface area contributed by atoms with Crippen molar-refractivity contribution in [3.8, 4) is 0 Å². The lowest BCUT2D eigenvalue weighted by atomic mass is 10.1. The summed E-state index contributed by atoms with van der Waals surface area (Å²) in [5, 5.41) is 4.24. The lowest BCUT2D eigenvalue weighted by Crippen LogP contribution is -2.44. The van der Waals surface area contributed by atoms with Gasteiger partial charge in [0.25, 0.3) is 0 Å². The number of rotatable bonds is 3. The topological polar surface area (TPSA) is 78.5 Å². The van der Waals surface area contributed by atoms with E-state index in [9.17, 15) is 14.4 Å². The van der Waals surface area contributed by atoms with Crippen molar-refractivity contribution < 1.29 is 14.4 Å². The van der Waals surface area contributed by atoms with Gasteiger partial charge in [-0.05, 0) is 17.2 Å². The summed E-state index contributed by atoms with van der Waals surface area (Å²) < 4.78 is 0. The fourth-order valence-electron chi connectivity index (χ4n) is 1.78. The van der Waals surface area contributed by atoms with Crippen LogP contribution >= 0.6 is 11.6 Å². The van der Waals surface area contributed by atoms with Crippen LogP contribution < -0.4 is 10.6 Å². The van der Waals surface area contributed by atoms with E-state index in [1.807, 2.05) is 0 Å². The second-order valence-electron chi connectivity index (χ2n) is 3.98. The maximum Gasteiger partial charge on any atom is 0.326 e. The van der Waals surface area contributed by atoms with E-state index in [-0.39, 0.29) is 6.54 Å². The largest absolute Gasteiger partial charge is 0.336 e. The highest BCUT2D eigenvalue weighted by Gasteiger charge is 2.29. The van der Waals surface area contributed by atoms with Gasteiger partial charge in [-0.3, -0.25) is 4.79 Å². The van der Waals surface area contributed by atoms with Crippen molar-refractivity contribution in [1.29, 1.82) is 0 Å². The molecule has 2 rings (SSSR count). The number of nitrogens with one attached hydrogen (secondary N) is 2. The normalized spacial score (nSPS) is 15.8. The van der Waals surface area contributed by atoms with E-state index in [1.165, 1.54) is 0 Å². The molecule has 100 valence electrons. The highest BCUT2D eigenvalue weighted by molar-refractivity contribution is 6.64. The van der Waals surface area contributed by atoms with Crippen LogP contribution in [0.3, 0.4) is 0 Å². The van der Waals surface area contributed by atoms with Gasteiger partial charge in [-0.1, -0.05) is 30.3 Å². The summed E-state index contributed by atoms with van der Waals surface area (Å²) >= 11 is 5.49. The molecule has 2 N–H and O–H groups in total. The van der Waals surface area contributed by atoms with E-state index in [0.717, 1.165) is 4.90 Å². The first-order chi connectivity index (χ1) is 9.09. The Morgan fingerprint density at radius 3 is 2.53 bits per heavy atom. The molecular formula is C12H12ClN3O3. The Bertz CT molecular complexity index is 506. The van der Waals surface area contributed by atoms with Crippen molar-refractivity contribution in [3.05, 3.63) is 35.9 Å². The van der Waals surface area contributed by atoms with Crippen LogP contribution in [0.15, 0.2) is 30.3 Å². The first-order valence-electron chi connectivity index (χ1n) is 5.70. The molecule has 0 spiro atoms. The number of benzene rings is 1. The molecule has 7 heteroatoms. The molecule has 1 aromatic carbocycles. The third kappa shape index (κ3) is 3.03. The summed E-state index contributed by atoms with van der Waals surface area (Å²) in [5.41, 5.74) is 0.565. The number of amides is 4. The Hall–Kier alpha value is -2.08. The zero-order valence-corrected chi connectivity index (χ0v) is 10.7. The monoisotopic (exact) mass is 281 g/mol. The van der Waals surface area contributed by atoms with Gasteiger partial charge in [-0.15, -0.1) is 0 Å². The lowest BCUT2D eigenvalue weighted by Gasteiger charge is -2.19. The van der Waals surface area contributed by atoms with Crippen molar-refractivity contribution in [2.45, 2.75) is 6.04 Å². The number of hydrogen-bond acceptors (Lipinski definition) is 3. The van der Waals surface area contributed by atoms with Gasteiger partial charge in [-0.2, -0.15) is 0 Å². The summed E-state index contributed by atoms with van der Waals surface area (Å²) in [6.45, 7) is 0.666.